The SMILES string of the molecule is COc1cccc(C(=O)NC2CC3CCCC(C2)N3CC(=O)Nc2ccc(C)cc2)c1. The van der Waals surface area contributed by atoms with Crippen LogP contribution in [-0.2, 0) is 4.79 Å². The highest BCUT2D eigenvalue weighted by Gasteiger charge is 2.39. The maximum atomic E-state index is 12.7. The highest BCUT2D eigenvalue weighted by molar-refractivity contribution is 5.95. The number of carbonyl (C=O) groups excluding carboxylic acids is 2. The summed E-state index contributed by atoms with van der Waals surface area (Å²) < 4.78 is 5.23. The molecule has 6 nitrogen and oxygen atoms in total. The van der Waals surface area contributed by atoms with Crippen LogP contribution in [-0.4, -0.2) is 48.5 Å². The van der Waals surface area contributed by atoms with Gasteiger partial charge in [0.2, 0.25) is 5.91 Å². The normalized spacial score (nSPS) is 23.1. The molecule has 2 fully saturated rings. The van der Waals surface area contributed by atoms with E-state index in [0.29, 0.717) is 29.9 Å². The van der Waals surface area contributed by atoms with E-state index < -0.39 is 0 Å². The van der Waals surface area contributed by atoms with Crippen LogP contribution < -0.4 is 15.4 Å². The van der Waals surface area contributed by atoms with Crippen molar-refractivity contribution >= 4 is 17.5 Å². The number of methoxy groups -OCH3 is 1. The second kappa shape index (κ2) is 9.52. The minimum atomic E-state index is -0.0625. The van der Waals surface area contributed by atoms with E-state index in [0.717, 1.165) is 31.4 Å². The smallest absolute Gasteiger partial charge is 0.251 e. The minimum Gasteiger partial charge on any atom is -0.497 e. The van der Waals surface area contributed by atoms with E-state index in [-0.39, 0.29) is 17.9 Å². The molecule has 6 heteroatoms. The third-order valence-electron chi connectivity index (χ3n) is 6.45. The first-order chi connectivity index (χ1) is 15.0. The van der Waals surface area contributed by atoms with Crippen LogP contribution in [0.2, 0.25) is 0 Å². The van der Waals surface area contributed by atoms with E-state index in [4.69, 9.17) is 4.74 Å². The molecule has 0 radical (unpaired) electrons. The number of hydrogen-bond acceptors (Lipinski definition) is 4. The van der Waals surface area contributed by atoms with Crippen LogP contribution >= 0.6 is 0 Å². The van der Waals surface area contributed by atoms with Crippen LogP contribution in [0.1, 0.15) is 48.0 Å². The molecule has 164 valence electrons. The van der Waals surface area contributed by atoms with Crippen molar-refractivity contribution in [3.05, 3.63) is 59.7 Å². The highest BCUT2D eigenvalue weighted by Crippen LogP contribution is 2.34. The second-order valence-corrected chi connectivity index (χ2v) is 8.70. The zero-order valence-corrected chi connectivity index (χ0v) is 18.3. The van der Waals surface area contributed by atoms with Crippen molar-refractivity contribution in [2.24, 2.45) is 0 Å². The fourth-order valence-electron chi connectivity index (χ4n) is 4.89. The molecule has 2 unspecified atom stereocenters. The summed E-state index contributed by atoms with van der Waals surface area (Å²) in [6.07, 6.45) is 5.08. The van der Waals surface area contributed by atoms with Crippen molar-refractivity contribution in [3.63, 3.8) is 0 Å². The Morgan fingerprint density at radius 2 is 1.77 bits per heavy atom. The van der Waals surface area contributed by atoms with Crippen LogP contribution in [0.5, 0.6) is 5.75 Å². The summed E-state index contributed by atoms with van der Waals surface area (Å²) in [6.45, 7) is 2.43. The lowest BCUT2D eigenvalue weighted by molar-refractivity contribution is -0.120. The van der Waals surface area contributed by atoms with E-state index in [1.54, 1.807) is 13.2 Å². The van der Waals surface area contributed by atoms with E-state index >= 15 is 0 Å². The van der Waals surface area contributed by atoms with Crippen molar-refractivity contribution in [3.8, 4) is 5.75 Å². The maximum Gasteiger partial charge on any atom is 0.251 e. The molecule has 2 amide bonds. The van der Waals surface area contributed by atoms with Gasteiger partial charge in [0.15, 0.2) is 0 Å². The van der Waals surface area contributed by atoms with Gasteiger partial charge in [-0.1, -0.05) is 30.2 Å². The average molecular weight is 422 g/mol. The van der Waals surface area contributed by atoms with Gasteiger partial charge in [0.05, 0.1) is 13.7 Å². The number of hydrogen-bond donors (Lipinski definition) is 2. The monoisotopic (exact) mass is 421 g/mol. The first kappa shape index (κ1) is 21.4. The average Bonchev–Trinajstić information content (AvgIpc) is 2.76. The molecule has 0 aromatic heterocycles. The van der Waals surface area contributed by atoms with Crippen molar-refractivity contribution in [1.82, 2.24) is 10.2 Å². The number of nitrogens with zero attached hydrogens (tertiary/aromatic N) is 1. The van der Waals surface area contributed by atoms with Gasteiger partial charge in [0, 0.05) is 29.4 Å². The van der Waals surface area contributed by atoms with Crippen LogP contribution in [0.4, 0.5) is 5.69 Å². The van der Waals surface area contributed by atoms with E-state index in [2.05, 4.69) is 15.5 Å². The Kier molecular flexibility index (Phi) is 6.56. The van der Waals surface area contributed by atoms with Gasteiger partial charge in [-0.3, -0.25) is 14.5 Å². The van der Waals surface area contributed by atoms with Gasteiger partial charge in [-0.05, 0) is 62.9 Å². The molecule has 0 aliphatic carbocycles. The maximum absolute atomic E-state index is 12.7. The Hall–Kier alpha value is -2.86. The number of carbonyl (C=O) groups is 2. The number of aryl methyl sites for hydroxylation is 1. The van der Waals surface area contributed by atoms with Crippen molar-refractivity contribution < 1.29 is 14.3 Å². The van der Waals surface area contributed by atoms with Crippen molar-refractivity contribution in [2.45, 2.75) is 57.2 Å². The first-order valence-electron chi connectivity index (χ1n) is 11.1. The summed E-state index contributed by atoms with van der Waals surface area (Å²) in [5.41, 5.74) is 2.62. The van der Waals surface area contributed by atoms with E-state index in [1.165, 1.54) is 12.0 Å². The summed E-state index contributed by atoms with van der Waals surface area (Å²) in [6, 6.07) is 15.9. The van der Waals surface area contributed by atoms with Crippen LogP contribution in [0, 0.1) is 6.92 Å². The van der Waals surface area contributed by atoms with Gasteiger partial charge in [0.25, 0.3) is 5.91 Å². The molecule has 2 aliphatic heterocycles. The first-order valence-corrected chi connectivity index (χ1v) is 11.1. The Morgan fingerprint density at radius 3 is 2.45 bits per heavy atom. The zero-order valence-electron chi connectivity index (χ0n) is 18.3. The Bertz CT molecular complexity index is 914. The number of fused-ring (bicyclic) bond motifs is 2. The molecule has 2 heterocycles. The van der Waals surface area contributed by atoms with Crippen LogP contribution in [0.3, 0.4) is 0 Å². The summed E-state index contributed by atoms with van der Waals surface area (Å²) in [7, 11) is 1.60. The second-order valence-electron chi connectivity index (χ2n) is 8.70. The third-order valence-corrected chi connectivity index (χ3v) is 6.45. The molecule has 2 aromatic carbocycles. The number of benzene rings is 2. The van der Waals surface area contributed by atoms with Crippen molar-refractivity contribution in [2.75, 3.05) is 19.0 Å². The summed E-state index contributed by atoms with van der Waals surface area (Å²) in [4.78, 5) is 27.8. The molecule has 31 heavy (non-hydrogen) atoms. The molecule has 2 aliphatic rings. The molecule has 0 spiro atoms. The molecule has 2 bridgehead atoms. The van der Waals surface area contributed by atoms with E-state index in [1.807, 2.05) is 49.4 Å². The minimum absolute atomic E-state index is 0.0274. The largest absolute Gasteiger partial charge is 0.497 e. The van der Waals surface area contributed by atoms with Gasteiger partial charge < -0.3 is 15.4 Å². The number of amides is 2. The van der Waals surface area contributed by atoms with Gasteiger partial charge in [-0.2, -0.15) is 0 Å². The Balaban J connectivity index is 1.35. The van der Waals surface area contributed by atoms with Gasteiger partial charge in [-0.25, -0.2) is 0 Å². The van der Waals surface area contributed by atoms with Gasteiger partial charge in [0.1, 0.15) is 5.75 Å². The summed E-state index contributed by atoms with van der Waals surface area (Å²) >= 11 is 0. The summed E-state index contributed by atoms with van der Waals surface area (Å²) in [5, 5.41) is 6.23. The predicted molar refractivity (Wildman–Crippen MR) is 121 cm³/mol. The summed E-state index contributed by atoms with van der Waals surface area (Å²) in [5.74, 6) is 0.645. The molecular weight excluding hydrogens is 390 g/mol. The Labute approximate surface area is 184 Å². The topological polar surface area (TPSA) is 70.7 Å². The van der Waals surface area contributed by atoms with Gasteiger partial charge >= 0.3 is 0 Å². The molecule has 2 N–H and O–H groups in total. The molecular formula is C25H31N3O3. The van der Waals surface area contributed by atoms with Crippen LogP contribution in [0.25, 0.3) is 0 Å². The quantitative estimate of drug-likeness (QED) is 0.745. The highest BCUT2D eigenvalue weighted by atomic mass is 16.5. The molecule has 0 saturated carbocycles. The van der Waals surface area contributed by atoms with E-state index in [9.17, 15) is 9.59 Å². The third kappa shape index (κ3) is 5.25. The molecule has 2 saturated heterocycles. The number of ether oxygens (including phenoxy) is 1. The van der Waals surface area contributed by atoms with Gasteiger partial charge in [-0.15, -0.1) is 0 Å². The fraction of sp³-hybridized carbons (Fsp3) is 0.440. The molecule has 2 atom stereocenters. The number of nitrogens with one attached hydrogen (secondary N) is 2. The standard InChI is InChI=1S/C25H31N3O3/c1-17-9-11-19(12-10-17)26-24(29)16-28-21-6-4-7-22(28)15-20(14-21)27-25(30)18-5-3-8-23(13-18)31-2/h3,5,8-13,20-22H,4,6-7,14-16H2,1-2H3,(H,26,29)(H,27,30). The zero-order chi connectivity index (χ0) is 21.8. The lowest BCUT2D eigenvalue weighted by atomic mass is 9.81. The van der Waals surface area contributed by atoms with Crippen molar-refractivity contribution in [1.29, 1.82) is 0 Å². The number of rotatable bonds is 6. The fourth-order valence-corrected chi connectivity index (χ4v) is 4.89. The predicted octanol–water partition coefficient (Wildman–Crippen LogP) is 3.76. The van der Waals surface area contributed by atoms with Crippen LogP contribution in [0.15, 0.2) is 48.5 Å². The molecule has 4 rings (SSSR count). The molecule has 2 aromatic rings. The Morgan fingerprint density at radius 1 is 1.06 bits per heavy atom. The number of anilines is 1. The number of piperidine rings is 2. The lowest BCUT2D eigenvalue weighted by Gasteiger charge is -2.48. The lowest BCUT2D eigenvalue weighted by Crippen LogP contribution is -2.58.